The van der Waals surface area contributed by atoms with Gasteiger partial charge in [-0.25, -0.2) is 0 Å². The quantitative estimate of drug-likeness (QED) is 0.770. The van der Waals surface area contributed by atoms with E-state index in [4.69, 9.17) is 5.73 Å². The van der Waals surface area contributed by atoms with Crippen LogP contribution in [-0.2, 0) is 11.2 Å². The second-order valence-corrected chi connectivity index (χ2v) is 6.11. The summed E-state index contributed by atoms with van der Waals surface area (Å²) >= 11 is 0. The summed E-state index contributed by atoms with van der Waals surface area (Å²) in [6, 6.07) is 7.77. The van der Waals surface area contributed by atoms with Crippen LogP contribution in [0.2, 0.25) is 0 Å². The number of nitrogen functional groups attached to an aromatic ring is 1. The highest BCUT2D eigenvalue weighted by atomic mass is 16.1. The van der Waals surface area contributed by atoms with E-state index in [0.29, 0.717) is 11.8 Å². The molecule has 102 valence electrons. The number of rotatable bonds is 6. The van der Waals surface area contributed by atoms with Crippen molar-refractivity contribution in [3.8, 4) is 0 Å². The maximum Gasteiger partial charge on any atom is 0.220 e. The first kappa shape index (κ1) is 12.5. The zero-order chi connectivity index (χ0) is 13.3. The van der Waals surface area contributed by atoms with Crippen molar-refractivity contribution in [3.63, 3.8) is 0 Å². The summed E-state index contributed by atoms with van der Waals surface area (Å²) in [5.74, 6) is 1.06. The predicted octanol–water partition coefficient (Wildman–Crippen LogP) is 2.51. The van der Waals surface area contributed by atoms with Crippen molar-refractivity contribution in [2.45, 2.75) is 38.5 Å². The van der Waals surface area contributed by atoms with Gasteiger partial charge in [0.25, 0.3) is 0 Å². The number of nitrogens with two attached hydrogens (primary N) is 1. The molecule has 0 saturated heterocycles. The van der Waals surface area contributed by atoms with Crippen molar-refractivity contribution in [1.82, 2.24) is 5.32 Å². The number of nitrogens with one attached hydrogen (secondary N) is 1. The lowest BCUT2D eigenvalue weighted by Crippen LogP contribution is -2.31. The van der Waals surface area contributed by atoms with Crippen LogP contribution in [0, 0.1) is 11.3 Å². The Morgan fingerprint density at radius 2 is 2.05 bits per heavy atom. The average Bonchev–Trinajstić information content (AvgIpc) is 3.28. The normalized spacial score (nSPS) is 20.0. The summed E-state index contributed by atoms with van der Waals surface area (Å²) in [5, 5.41) is 3.12. The number of carbonyl (C=O) groups excluding carboxylic acids is 1. The minimum atomic E-state index is 0.162. The highest BCUT2D eigenvalue weighted by Gasteiger charge is 2.53. The summed E-state index contributed by atoms with van der Waals surface area (Å²) in [4.78, 5) is 11.9. The fourth-order valence-electron chi connectivity index (χ4n) is 2.96. The lowest BCUT2D eigenvalue weighted by atomic mass is 10.0. The van der Waals surface area contributed by atoms with Crippen molar-refractivity contribution >= 4 is 11.6 Å². The van der Waals surface area contributed by atoms with E-state index in [9.17, 15) is 4.79 Å². The molecule has 0 atom stereocenters. The van der Waals surface area contributed by atoms with Crippen molar-refractivity contribution in [2.24, 2.45) is 11.3 Å². The lowest BCUT2D eigenvalue weighted by Gasteiger charge is -2.15. The Bertz CT molecular complexity index is 475. The van der Waals surface area contributed by atoms with Crippen molar-refractivity contribution in [3.05, 3.63) is 29.8 Å². The number of hydrogen-bond acceptors (Lipinski definition) is 2. The van der Waals surface area contributed by atoms with Gasteiger partial charge in [0.2, 0.25) is 5.91 Å². The van der Waals surface area contributed by atoms with Crippen LogP contribution in [0.5, 0.6) is 0 Å². The third-order valence-corrected chi connectivity index (χ3v) is 4.65. The maximum atomic E-state index is 11.9. The zero-order valence-corrected chi connectivity index (χ0v) is 11.3. The van der Waals surface area contributed by atoms with Crippen LogP contribution >= 0.6 is 0 Å². The van der Waals surface area contributed by atoms with Gasteiger partial charge in [0.1, 0.15) is 0 Å². The zero-order valence-electron chi connectivity index (χ0n) is 11.3. The number of benzene rings is 1. The third-order valence-electron chi connectivity index (χ3n) is 4.65. The standard InChI is InChI=1S/C16H22N2O/c17-14-4-2-1-3-12(14)5-8-15(19)18-11-16(9-10-16)13-6-7-13/h1-4,13H,5-11,17H2,(H,18,19). The van der Waals surface area contributed by atoms with Gasteiger partial charge in [0.05, 0.1) is 0 Å². The van der Waals surface area contributed by atoms with Gasteiger partial charge in [-0.15, -0.1) is 0 Å². The van der Waals surface area contributed by atoms with Gasteiger partial charge in [0, 0.05) is 18.7 Å². The van der Waals surface area contributed by atoms with Gasteiger partial charge in [0.15, 0.2) is 0 Å². The monoisotopic (exact) mass is 258 g/mol. The molecule has 3 nitrogen and oxygen atoms in total. The molecule has 1 aromatic rings. The largest absolute Gasteiger partial charge is 0.399 e. The summed E-state index contributed by atoms with van der Waals surface area (Å²) in [5.41, 5.74) is 8.22. The Kier molecular flexibility index (Phi) is 3.21. The molecule has 3 N–H and O–H groups in total. The minimum absolute atomic E-state index is 0.162. The molecule has 0 aliphatic heterocycles. The van der Waals surface area contributed by atoms with Gasteiger partial charge >= 0.3 is 0 Å². The van der Waals surface area contributed by atoms with Crippen LogP contribution in [-0.4, -0.2) is 12.5 Å². The van der Waals surface area contributed by atoms with Crippen LogP contribution in [0.3, 0.4) is 0 Å². The molecule has 19 heavy (non-hydrogen) atoms. The number of hydrogen-bond donors (Lipinski definition) is 2. The Morgan fingerprint density at radius 3 is 2.68 bits per heavy atom. The maximum absolute atomic E-state index is 11.9. The molecule has 0 aromatic heterocycles. The van der Waals surface area contributed by atoms with Crippen LogP contribution in [0.4, 0.5) is 5.69 Å². The van der Waals surface area contributed by atoms with Crippen LogP contribution < -0.4 is 11.1 Å². The van der Waals surface area contributed by atoms with E-state index < -0.39 is 0 Å². The molecule has 0 radical (unpaired) electrons. The second-order valence-electron chi connectivity index (χ2n) is 6.11. The molecule has 3 rings (SSSR count). The molecule has 2 aliphatic carbocycles. The molecular weight excluding hydrogens is 236 g/mol. The fourth-order valence-corrected chi connectivity index (χ4v) is 2.96. The smallest absolute Gasteiger partial charge is 0.220 e. The summed E-state index contributed by atoms with van der Waals surface area (Å²) < 4.78 is 0. The van der Waals surface area contributed by atoms with Gasteiger partial charge in [-0.3, -0.25) is 4.79 Å². The Hall–Kier alpha value is -1.51. The first-order chi connectivity index (χ1) is 9.20. The van der Waals surface area contributed by atoms with Gasteiger partial charge in [-0.05, 0) is 55.1 Å². The van der Waals surface area contributed by atoms with E-state index in [1.54, 1.807) is 0 Å². The topological polar surface area (TPSA) is 55.1 Å². The molecule has 0 unspecified atom stereocenters. The molecular formula is C16H22N2O. The van der Waals surface area contributed by atoms with E-state index in [1.807, 2.05) is 24.3 Å². The summed E-state index contributed by atoms with van der Waals surface area (Å²) in [6.45, 7) is 0.890. The predicted molar refractivity (Wildman–Crippen MR) is 76.6 cm³/mol. The number of anilines is 1. The van der Waals surface area contributed by atoms with Crippen molar-refractivity contribution in [1.29, 1.82) is 0 Å². The van der Waals surface area contributed by atoms with Gasteiger partial charge in [-0.2, -0.15) is 0 Å². The third kappa shape index (κ3) is 2.91. The molecule has 0 bridgehead atoms. The molecule has 2 fully saturated rings. The van der Waals surface area contributed by atoms with Crippen LogP contribution in [0.25, 0.3) is 0 Å². The number of aryl methyl sites for hydroxylation is 1. The highest BCUT2D eigenvalue weighted by molar-refractivity contribution is 5.76. The van der Waals surface area contributed by atoms with Crippen LogP contribution in [0.1, 0.15) is 37.7 Å². The molecule has 0 spiro atoms. The van der Waals surface area contributed by atoms with Gasteiger partial charge in [-0.1, -0.05) is 18.2 Å². The molecule has 1 aromatic carbocycles. The number of amides is 1. The molecule has 3 heteroatoms. The van der Waals surface area contributed by atoms with Crippen molar-refractivity contribution in [2.75, 3.05) is 12.3 Å². The average molecular weight is 258 g/mol. The second kappa shape index (κ2) is 4.87. The first-order valence-electron chi connectivity index (χ1n) is 7.30. The van der Waals surface area contributed by atoms with Crippen molar-refractivity contribution < 1.29 is 4.79 Å². The molecule has 0 heterocycles. The minimum Gasteiger partial charge on any atom is -0.399 e. The van der Waals surface area contributed by atoms with E-state index in [-0.39, 0.29) is 5.91 Å². The summed E-state index contributed by atoms with van der Waals surface area (Å²) in [6.07, 6.45) is 6.63. The highest BCUT2D eigenvalue weighted by Crippen LogP contribution is 2.60. The van der Waals surface area contributed by atoms with Gasteiger partial charge < -0.3 is 11.1 Å². The van der Waals surface area contributed by atoms with Crippen LogP contribution in [0.15, 0.2) is 24.3 Å². The first-order valence-corrected chi connectivity index (χ1v) is 7.30. The SMILES string of the molecule is Nc1ccccc1CCC(=O)NCC1(C2CC2)CC1. The van der Waals surface area contributed by atoms with E-state index >= 15 is 0 Å². The van der Waals surface area contributed by atoms with E-state index in [0.717, 1.165) is 30.1 Å². The molecule has 2 aliphatic rings. The number of para-hydroxylation sites is 1. The Balaban J connectivity index is 1.43. The Labute approximate surface area is 114 Å². The number of carbonyl (C=O) groups is 1. The molecule has 1 amide bonds. The Morgan fingerprint density at radius 1 is 1.32 bits per heavy atom. The summed E-state index contributed by atoms with van der Waals surface area (Å²) in [7, 11) is 0. The lowest BCUT2D eigenvalue weighted by molar-refractivity contribution is -0.121. The fraction of sp³-hybridized carbons (Fsp3) is 0.562. The molecule has 2 saturated carbocycles. The van der Waals surface area contributed by atoms with E-state index in [2.05, 4.69) is 5.32 Å². The van der Waals surface area contributed by atoms with E-state index in [1.165, 1.54) is 25.7 Å².